The summed E-state index contributed by atoms with van der Waals surface area (Å²) in [4.78, 5) is 4.28. The van der Waals surface area contributed by atoms with Gasteiger partial charge in [-0.3, -0.25) is 0 Å². The minimum absolute atomic E-state index is 0.560. The molecule has 1 heterocycles. The molecule has 0 aliphatic heterocycles. The molecule has 0 fully saturated rings. The van der Waals surface area contributed by atoms with E-state index in [0.29, 0.717) is 5.69 Å². The number of nitrogens with zero attached hydrogens (tertiary/aromatic N) is 3. The van der Waals surface area contributed by atoms with Crippen LogP contribution in [0.25, 0.3) is 0 Å². The molecular weight excluding hydrogens is 234 g/mol. The molecule has 1 aromatic heterocycles. The molecule has 1 aromatic carbocycles. The molecule has 3 heteroatoms. The smallest absolute Gasteiger partial charge is 0.161 e. The van der Waals surface area contributed by atoms with E-state index >= 15 is 0 Å². The van der Waals surface area contributed by atoms with Crippen LogP contribution in [-0.2, 0) is 19.9 Å². The minimum atomic E-state index is 0.560. The van der Waals surface area contributed by atoms with Gasteiger partial charge in [-0.1, -0.05) is 23.8 Å². The van der Waals surface area contributed by atoms with Crippen LogP contribution < -0.4 is 0 Å². The molecule has 3 nitrogen and oxygen atoms in total. The van der Waals surface area contributed by atoms with Gasteiger partial charge >= 0.3 is 0 Å². The Kier molecular flexibility index (Phi) is 3.71. The van der Waals surface area contributed by atoms with Crippen LogP contribution in [0.1, 0.15) is 33.9 Å². The number of benzene rings is 1. The highest BCUT2D eigenvalue weighted by Crippen LogP contribution is 2.16. The highest BCUT2D eigenvalue weighted by molar-refractivity contribution is 5.33. The first kappa shape index (κ1) is 13.4. The molecule has 0 aliphatic rings. The Morgan fingerprint density at radius 3 is 2.58 bits per heavy atom. The minimum Gasteiger partial charge on any atom is -0.334 e. The summed E-state index contributed by atoms with van der Waals surface area (Å²) in [7, 11) is 1.97. The first-order valence-corrected chi connectivity index (χ1v) is 6.51. The lowest BCUT2D eigenvalue weighted by Gasteiger charge is -2.08. The predicted molar refractivity (Wildman–Crippen MR) is 76.0 cm³/mol. The van der Waals surface area contributed by atoms with Crippen LogP contribution in [0, 0.1) is 32.1 Å². The van der Waals surface area contributed by atoms with E-state index in [2.05, 4.69) is 43.1 Å². The van der Waals surface area contributed by atoms with Crippen LogP contribution in [-0.4, -0.2) is 9.55 Å². The van der Waals surface area contributed by atoms with Gasteiger partial charge in [0.15, 0.2) is 5.69 Å². The molecule has 0 amide bonds. The van der Waals surface area contributed by atoms with Crippen molar-refractivity contribution >= 4 is 0 Å². The van der Waals surface area contributed by atoms with E-state index in [0.717, 1.165) is 24.4 Å². The van der Waals surface area contributed by atoms with Gasteiger partial charge in [-0.15, -0.1) is 0 Å². The van der Waals surface area contributed by atoms with Crippen molar-refractivity contribution < 1.29 is 0 Å². The Balaban J connectivity index is 2.22. The van der Waals surface area contributed by atoms with Crippen LogP contribution in [0.5, 0.6) is 0 Å². The second-order valence-electron chi connectivity index (χ2n) is 5.06. The lowest BCUT2D eigenvalue weighted by molar-refractivity contribution is 0.770. The third-order valence-corrected chi connectivity index (χ3v) is 3.67. The highest BCUT2D eigenvalue weighted by atomic mass is 15.1. The predicted octanol–water partition coefficient (Wildman–Crippen LogP) is 3.00. The number of hydrogen-bond acceptors (Lipinski definition) is 2. The zero-order valence-electron chi connectivity index (χ0n) is 12.0. The van der Waals surface area contributed by atoms with Crippen LogP contribution in [0.3, 0.4) is 0 Å². The first-order valence-electron chi connectivity index (χ1n) is 6.51. The summed E-state index contributed by atoms with van der Waals surface area (Å²) in [5.41, 5.74) is 5.53. The third kappa shape index (κ3) is 2.68. The highest BCUT2D eigenvalue weighted by Gasteiger charge is 2.12. The van der Waals surface area contributed by atoms with E-state index in [-0.39, 0.29) is 0 Å². The van der Waals surface area contributed by atoms with Gasteiger partial charge in [-0.2, -0.15) is 5.26 Å². The zero-order chi connectivity index (χ0) is 14.0. The monoisotopic (exact) mass is 253 g/mol. The summed E-state index contributed by atoms with van der Waals surface area (Å²) in [5, 5.41) is 9.12. The number of imidazole rings is 1. The Labute approximate surface area is 114 Å². The quantitative estimate of drug-likeness (QED) is 0.843. The fourth-order valence-electron chi connectivity index (χ4n) is 2.41. The molecule has 19 heavy (non-hydrogen) atoms. The van der Waals surface area contributed by atoms with Crippen molar-refractivity contribution in [2.24, 2.45) is 7.05 Å². The SMILES string of the molecule is Cc1ccc(CCc2c(C#N)nc(C)n2C)c(C)c1. The molecule has 0 saturated heterocycles. The normalized spacial score (nSPS) is 10.5. The molecule has 2 rings (SSSR count). The Morgan fingerprint density at radius 2 is 1.95 bits per heavy atom. The van der Waals surface area contributed by atoms with Gasteiger partial charge in [-0.05, 0) is 44.7 Å². The lowest BCUT2D eigenvalue weighted by atomic mass is 10.0. The van der Waals surface area contributed by atoms with Crippen LogP contribution >= 0.6 is 0 Å². The molecule has 0 N–H and O–H groups in total. The van der Waals surface area contributed by atoms with E-state index in [1.807, 2.05) is 18.5 Å². The molecule has 0 radical (unpaired) electrons. The van der Waals surface area contributed by atoms with Crippen LogP contribution in [0.4, 0.5) is 0 Å². The maximum absolute atomic E-state index is 9.12. The largest absolute Gasteiger partial charge is 0.334 e. The number of hydrogen-bond donors (Lipinski definition) is 0. The molecule has 2 aromatic rings. The fraction of sp³-hybridized carbons (Fsp3) is 0.375. The molecule has 98 valence electrons. The van der Waals surface area contributed by atoms with E-state index in [1.54, 1.807) is 0 Å². The van der Waals surface area contributed by atoms with Gasteiger partial charge in [0, 0.05) is 7.05 Å². The van der Waals surface area contributed by atoms with Gasteiger partial charge in [0.25, 0.3) is 0 Å². The summed E-state index contributed by atoms with van der Waals surface area (Å²) in [6.45, 7) is 6.18. The van der Waals surface area contributed by atoms with Gasteiger partial charge in [0.1, 0.15) is 11.9 Å². The van der Waals surface area contributed by atoms with Crippen molar-refractivity contribution in [3.63, 3.8) is 0 Å². The van der Waals surface area contributed by atoms with E-state index < -0.39 is 0 Å². The molecule has 0 bridgehead atoms. The Bertz CT molecular complexity index is 645. The average Bonchev–Trinajstić information content (AvgIpc) is 2.65. The number of aryl methyl sites for hydroxylation is 4. The Hall–Kier alpha value is -2.08. The lowest BCUT2D eigenvalue weighted by Crippen LogP contribution is -2.03. The Morgan fingerprint density at radius 1 is 1.21 bits per heavy atom. The maximum atomic E-state index is 9.12. The second kappa shape index (κ2) is 5.27. The van der Waals surface area contributed by atoms with Gasteiger partial charge in [0.2, 0.25) is 0 Å². The second-order valence-corrected chi connectivity index (χ2v) is 5.06. The standard InChI is InChI=1S/C16H19N3/c1-11-5-6-14(12(2)9-11)7-8-16-15(10-17)18-13(3)19(16)4/h5-6,9H,7-8H2,1-4H3. The van der Waals surface area contributed by atoms with E-state index in [9.17, 15) is 0 Å². The average molecular weight is 253 g/mol. The van der Waals surface area contributed by atoms with Gasteiger partial charge < -0.3 is 4.57 Å². The molecule has 0 spiro atoms. The zero-order valence-corrected chi connectivity index (χ0v) is 12.0. The van der Waals surface area contributed by atoms with Crippen molar-refractivity contribution in [3.8, 4) is 6.07 Å². The summed E-state index contributed by atoms with van der Waals surface area (Å²) in [6, 6.07) is 8.71. The molecule has 0 saturated carbocycles. The molecule has 0 atom stereocenters. The summed E-state index contributed by atoms with van der Waals surface area (Å²) in [5.74, 6) is 0.896. The van der Waals surface area contributed by atoms with Gasteiger partial charge in [0.05, 0.1) is 5.69 Å². The van der Waals surface area contributed by atoms with Crippen LogP contribution in [0.15, 0.2) is 18.2 Å². The topological polar surface area (TPSA) is 41.6 Å². The van der Waals surface area contributed by atoms with Crippen molar-refractivity contribution in [2.75, 3.05) is 0 Å². The van der Waals surface area contributed by atoms with E-state index in [4.69, 9.17) is 5.26 Å². The van der Waals surface area contributed by atoms with Gasteiger partial charge in [-0.25, -0.2) is 4.98 Å². The van der Waals surface area contributed by atoms with Crippen molar-refractivity contribution in [1.82, 2.24) is 9.55 Å². The summed E-state index contributed by atoms with van der Waals surface area (Å²) in [6.07, 6.45) is 1.80. The molecule has 0 unspecified atom stereocenters. The maximum Gasteiger partial charge on any atom is 0.161 e. The van der Waals surface area contributed by atoms with Crippen molar-refractivity contribution in [2.45, 2.75) is 33.6 Å². The number of aromatic nitrogens is 2. The fourth-order valence-corrected chi connectivity index (χ4v) is 2.41. The van der Waals surface area contributed by atoms with Crippen molar-refractivity contribution in [1.29, 1.82) is 5.26 Å². The van der Waals surface area contributed by atoms with Crippen molar-refractivity contribution in [3.05, 3.63) is 52.1 Å². The third-order valence-electron chi connectivity index (χ3n) is 3.67. The number of rotatable bonds is 3. The summed E-state index contributed by atoms with van der Waals surface area (Å²) < 4.78 is 2.02. The first-order chi connectivity index (χ1) is 9.02. The molecular formula is C16H19N3. The number of nitriles is 1. The molecule has 0 aliphatic carbocycles. The summed E-state index contributed by atoms with van der Waals surface area (Å²) >= 11 is 0. The van der Waals surface area contributed by atoms with E-state index in [1.165, 1.54) is 16.7 Å². The van der Waals surface area contributed by atoms with Crippen LogP contribution in [0.2, 0.25) is 0 Å².